The van der Waals surface area contributed by atoms with Crippen molar-refractivity contribution in [1.29, 1.82) is 0 Å². The van der Waals surface area contributed by atoms with Crippen molar-refractivity contribution in [1.82, 2.24) is 5.06 Å². The molecule has 21 heavy (non-hydrogen) atoms. The first-order valence-corrected chi connectivity index (χ1v) is 8.45. The van der Waals surface area contributed by atoms with Crippen LogP contribution in [0.2, 0.25) is 0 Å². The maximum atomic E-state index is 12.2. The van der Waals surface area contributed by atoms with Crippen LogP contribution in [0.5, 0.6) is 0 Å². The molecule has 0 aliphatic carbocycles. The lowest BCUT2D eigenvalue weighted by molar-refractivity contribution is -0.316. The fourth-order valence-corrected chi connectivity index (χ4v) is 3.38. The van der Waals surface area contributed by atoms with Gasteiger partial charge >= 0.3 is 0 Å². The second-order valence-electron chi connectivity index (χ2n) is 5.57. The topological polar surface area (TPSA) is 38.8 Å². The van der Waals surface area contributed by atoms with Gasteiger partial charge < -0.3 is 4.74 Å². The smallest absolute Gasteiger partial charge is 0.252 e. The van der Waals surface area contributed by atoms with Crippen LogP contribution >= 0.6 is 11.3 Å². The zero-order valence-electron chi connectivity index (χ0n) is 12.2. The van der Waals surface area contributed by atoms with Crippen LogP contribution in [0.4, 0.5) is 0 Å². The minimum Gasteiger partial charge on any atom is -0.350 e. The third kappa shape index (κ3) is 3.36. The van der Waals surface area contributed by atoms with Gasteiger partial charge in [-0.05, 0) is 43.7 Å². The molecule has 2 saturated heterocycles. The van der Waals surface area contributed by atoms with Crippen molar-refractivity contribution in [2.75, 3.05) is 6.61 Å². The predicted molar refractivity (Wildman–Crippen MR) is 82.4 cm³/mol. The molecule has 1 amide bonds. The molecule has 0 aromatic carbocycles. The Morgan fingerprint density at radius 3 is 3.10 bits per heavy atom. The maximum absolute atomic E-state index is 12.2. The van der Waals surface area contributed by atoms with E-state index in [0.29, 0.717) is 0 Å². The summed E-state index contributed by atoms with van der Waals surface area (Å²) in [5.41, 5.74) is 0. The van der Waals surface area contributed by atoms with Crippen molar-refractivity contribution in [2.24, 2.45) is 5.92 Å². The quantitative estimate of drug-likeness (QED) is 0.782. The molecule has 2 aliphatic heterocycles. The number of β-lactam (4-membered cyclic amide) rings is 1. The predicted octanol–water partition coefficient (Wildman–Crippen LogP) is 3.46. The summed E-state index contributed by atoms with van der Waals surface area (Å²) in [6.45, 7) is 2.77. The van der Waals surface area contributed by atoms with Crippen molar-refractivity contribution < 1.29 is 14.4 Å². The van der Waals surface area contributed by atoms with Crippen LogP contribution in [-0.2, 0) is 14.4 Å². The molecule has 3 heterocycles. The van der Waals surface area contributed by atoms with E-state index < -0.39 is 0 Å². The second kappa shape index (κ2) is 6.73. The molecule has 2 fully saturated rings. The lowest BCUT2D eigenvalue weighted by Crippen LogP contribution is -2.60. The molecule has 3 rings (SSSR count). The Labute approximate surface area is 129 Å². The number of hydrogen-bond acceptors (Lipinski definition) is 4. The molecule has 0 radical (unpaired) electrons. The molecule has 2 aliphatic rings. The van der Waals surface area contributed by atoms with Gasteiger partial charge in [-0.15, -0.1) is 11.3 Å². The average molecular weight is 307 g/mol. The zero-order valence-corrected chi connectivity index (χ0v) is 13.1. The van der Waals surface area contributed by atoms with E-state index in [9.17, 15) is 4.79 Å². The summed E-state index contributed by atoms with van der Waals surface area (Å²) in [5, 5.41) is 3.55. The monoisotopic (exact) mass is 307 g/mol. The SMILES string of the molecule is C[C@H]1[C@@H](CC=Cc2cccs2)C(=O)N1OC1CCCCO1. The molecular formula is C16H21NO3S. The van der Waals surface area contributed by atoms with Gasteiger partial charge in [-0.25, -0.2) is 9.90 Å². The van der Waals surface area contributed by atoms with Gasteiger partial charge in [-0.2, -0.15) is 0 Å². The van der Waals surface area contributed by atoms with Crippen LogP contribution < -0.4 is 0 Å². The third-order valence-electron chi connectivity index (χ3n) is 4.07. The summed E-state index contributed by atoms with van der Waals surface area (Å²) < 4.78 is 5.52. The van der Waals surface area contributed by atoms with Gasteiger partial charge in [0.05, 0.1) is 12.0 Å². The van der Waals surface area contributed by atoms with E-state index in [1.807, 2.05) is 13.0 Å². The van der Waals surface area contributed by atoms with Crippen LogP contribution in [0.3, 0.4) is 0 Å². The summed E-state index contributed by atoms with van der Waals surface area (Å²) in [6, 6.07) is 4.22. The molecule has 3 atom stereocenters. The Morgan fingerprint density at radius 1 is 1.52 bits per heavy atom. The Morgan fingerprint density at radius 2 is 2.43 bits per heavy atom. The first kappa shape index (κ1) is 14.8. The lowest BCUT2D eigenvalue weighted by Gasteiger charge is -2.45. The Kier molecular flexibility index (Phi) is 4.73. The highest BCUT2D eigenvalue weighted by molar-refractivity contribution is 7.10. The Bertz CT molecular complexity index is 494. The van der Waals surface area contributed by atoms with Crippen LogP contribution in [-0.4, -0.2) is 29.9 Å². The summed E-state index contributed by atoms with van der Waals surface area (Å²) >= 11 is 1.70. The highest BCUT2D eigenvalue weighted by atomic mass is 32.1. The van der Waals surface area contributed by atoms with E-state index in [-0.39, 0.29) is 24.2 Å². The van der Waals surface area contributed by atoms with Crippen LogP contribution in [0, 0.1) is 5.92 Å². The molecule has 0 spiro atoms. The third-order valence-corrected chi connectivity index (χ3v) is 4.91. The fraction of sp³-hybridized carbons (Fsp3) is 0.562. The molecule has 0 N–H and O–H groups in total. The van der Waals surface area contributed by atoms with Crippen molar-refractivity contribution in [3.05, 3.63) is 28.5 Å². The van der Waals surface area contributed by atoms with Gasteiger partial charge in [0, 0.05) is 17.9 Å². The van der Waals surface area contributed by atoms with E-state index in [4.69, 9.17) is 9.57 Å². The number of thiophene rings is 1. The van der Waals surface area contributed by atoms with Gasteiger partial charge in [0.2, 0.25) is 0 Å². The molecule has 1 aromatic heterocycles. The standard InChI is InChI=1S/C16H21NO3S/c1-12-14(8-4-6-13-7-5-11-21-13)16(18)17(12)20-15-9-2-3-10-19-15/h4-7,11-12,14-15H,2-3,8-10H2,1H3/t12-,14+,15?/m0/s1. The van der Waals surface area contributed by atoms with Gasteiger partial charge in [0.15, 0.2) is 6.29 Å². The molecule has 0 bridgehead atoms. The molecule has 0 saturated carbocycles. The fourth-order valence-electron chi connectivity index (χ4n) is 2.74. The Balaban J connectivity index is 1.47. The number of hydrogen-bond donors (Lipinski definition) is 0. The molecule has 1 aromatic rings. The number of allylic oxidation sites excluding steroid dienone is 1. The normalized spacial score (nSPS) is 29.9. The van der Waals surface area contributed by atoms with Gasteiger partial charge in [0.1, 0.15) is 0 Å². The van der Waals surface area contributed by atoms with Crippen LogP contribution in [0.15, 0.2) is 23.6 Å². The highest BCUT2D eigenvalue weighted by Gasteiger charge is 2.46. The van der Waals surface area contributed by atoms with E-state index in [1.165, 1.54) is 9.94 Å². The average Bonchev–Trinajstić information content (AvgIpc) is 3.03. The Hall–Kier alpha value is -1.17. The summed E-state index contributed by atoms with van der Waals surface area (Å²) in [4.78, 5) is 19.0. The zero-order chi connectivity index (χ0) is 14.7. The summed E-state index contributed by atoms with van der Waals surface area (Å²) in [7, 11) is 0. The van der Waals surface area contributed by atoms with Gasteiger partial charge in [-0.3, -0.25) is 4.79 Å². The first-order chi connectivity index (χ1) is 10.3. The molecular weight excluding hydrogens is 286 g/mol. The minimum atomic E-state index is -0.243. The van der Waals surface area contributed by atoms with Crippen molar-refractivity contribution in [3.8, 4) is 0 Å². The molecule has 4 nitrogen and oxygen atoms in total. The van der Waals surface area contributed by atoms with Crippen LogP contribution in [0.1, 0.15) is 37.5 Å². The summed E-state index contributed by atoms with van der Waals surface area (Å²) in [6.07, 6.45) is 7.75. The number of hydroxylamine groups is 2. The number of carbonyl (C=O) groups is 1. The molecule has 1 unspecified atom stereocenters. The number of nitrogens with zero attached hydrogens (tertiary/aromatic N) is 1. The number of amides is 1. The van der Waals surface area contributed by atoms with Crippen molar-refractivity contribution in [2.45, 2.75) is 44.9 Å². The largest absolute Gasteiger partial charge is 0.350 e. The highest BCUT2D eigenvalue weighted by Crippen LogP contribution is 2.32. The van der Waals surface area contributed by atoms with Gasteiger partial charge in [0.25, 0.3) is 5.91 Å². The molecule has 114 valence electrons. The minimum absolute atomic E-state index is 0.0322. The van der Waals surface area contributed by atoms with Crippen LogP contribution in [0.25, 0.3) is 6.08 Å². The number of rotatable bonds is 5. The summed E-state index contributed by atoms with van der Waals surface area (Å²) in [5.74, 6) is 0.109. The number of carbonyl (C=O) groups excluding carboxylic acids is 1. The second-order valence-corrected chi connectivity index (χ2v) is 6.55. The lowest BCUT2D eigenvalue weighted by atomic mass is 9.88. The van der Waals surface area contributed by atoms with Crippen molar-refractivity contribution in [3.63, 3.8) is 0 Å². The maximum Gasteiger partial charge on any atom is 0.252 e. The van der Waals surface area contributed by atoms with E-state index in [1.54, 1.807) is 11.3 Å². The van der Waals surface area contributed by atoms with E-state index in [0.717, 1.165) is 32.3 Å². The first-order valence-electron chi connectivity index (χ1n) is 7.57. The number of ether oxygens (including phenoxy) is 1. The van der Waals surface area contributed by atoms with Crippen molar-refractivity contribution >= 4 is 23.3 Å². The van der Waals surface area contributed by atoms with E-state index in [2.05, 4.69) is 23.6 Å². The van der Waals surface area contributed by atoms with E-state index >= 15 is 0 Å². The van der Waals surface area contributed by atoms with Gasteiger partial charge in [-0.1, -0.05) is 12.1 Å². The molecule has 5 heteroatoms.